The van der Waals surface area contributed by atoms with E-state index in [4.69, 9.17) is 33.3 Å². The number of carboxylic acids is 1. The molecule has 0 heterocycles. The molecular weight excluding hydrogens is 314 g/mol. The van der Waals surface area contributed by atoms with Crippen LogP contribution in [0.5, 0.6) is 0 Å². The quantitative estimate of drug-likeness (QED) is 0.616. The van der Waals surface area contributed by atoms with Gasteiger partial charge in [-0.1, -0.05) is 18.5 Å². The molecule has 1 rings (SSSR count). The van der Waals surface area contributed by atoms with Gasteiger partial charge in [-0.15, -0.1) is 0 Å². The second-order valence-electron chi connectivity index (χ2n) is 4.30. The lowest BCUT2D eigenvalue weighted by atomic mass is 10.0. The second-order valence-corrected chi connectivity index (χ2v) is 5.05. The zero-order chi connectivity index (χ0) is 16.0. The van der Waals surface area contributed by atoms with Gasteiger partial charge in [-0.25, -0.2) is 4.79 Å². The van der Waals surface area contributed by atoms with Crippen LogP contribution in [0.2, 0.25) is 5.02 Å². The molecule has 0 amide bonds. The Morgan fingerprint density at radius 3 is 2.67 bits per heavy atom. The van der Waals surface area contributed by atoms with E-state index in [2.05, 4.69) is 5.32 Å². The summed E-state index contributed by atoms with van der Waals surface area (Å²) >= 11 is 11.2. The van der Waals surface area contributed by atoms with Crippen LogP contribution in [0.3, 0.4) is 0 Å². The van der Waals surface area contributed by atoms with Crippen molar-refractivity contribution in [3.05, 3.63) is 27.8 Å². The molecule has 7 heteroatoms. The molecule has 0 aliphatic heterocycles. The lowest BCUT2D eigenvalue weighted by Crippen LogP contribution is -2.17. The minimum absolute atomic E-state index is 0.0429. The first-order chi connectivity index (χ1) is 9.92. The van der Waals surface area contributed by atoms with Crippen molar-refractivity contribution in [3.63, 3.8) is 0 Å². The fourth-order valence-electron chi connectivity index (χ4n) is 1.88. The number of methoxy groups -OCH3 is 1. The Balaban J connectivity index is 3.04. The highest BCUT2D eigenvalue weighted by Gasteiger charge is 2.18. The number of carbonyl (C=O) groups is 1. The Bertz CT molecular complexity index is 548. The molecule has 21 heavy (non-hydrogen) atoms. The minimum Gasteiger partial charge on any atom is -0.478 e. The number of rotatable bonds is 6. The van der Waals surface area contributed by atoms with E-state index >= 15 is 0 Å². The first-order valence-electron chi connectivity index (χ1n) is 6.40. The molecule has 0 unspecified atom stereocenters. The Morgan fingerprint density at radius 1 is 1.48 bits per heavy atom. The van der Waals surface area contributed by atoms with Gasteiger partial charge in [0.05, 0.1) is 17.2 Å². The number of carboxylic acid groups (broad SMARTS) is 1. The lowest BCUT2D eigenvalue weighted by molar-refractivity contribution is 0.0697. The van der Waals surface area contributed by atoms with Crippen LogP contribution in [-0.4, -0.2) is 36.6 Å². The van der Waals surface area contributed by atoms with Crippen molar-refractivity contribution in [1.29, 1.82) is 0 Å². The topological polar surface area (TPSA) is 67.8 Å². The van der Waals surface area contributed by atoms with Crippen molar-refractivity contribution in [2.24, 2.45) is 0 Å². The number of aromatic carboxylic acids is 1. The molecule has 0 atom stereocenters. The maximum absolute atomic E-state index is 11.3. The largest absolute Gasteiger partial charge is 0.478 e. The van der Waals surface area contributed by atoms with Crippen molar-refractivity contribution in [2.45, 2.75) is 20.3 Å². The van der Waals surface area contributed by atoms with Gasteiger partial charge in [-0.2, -0.15) is 0 Å². The van der Waals surface area contributed by atoms with Crippen LogP contribution in [0.25, 0.3) is 0 Å². The Morgan fingerprint density at radius 2 is 2.14 bits per heavy atom. The van der Waals surface area contributed by atoms with Crippen LogP contribution in [0.1, 0.15) is 28.4 Å². The molecule has 0 bridgehead atoms. The predicted molar refractivity (Wildman–Crippen MR) is 86.6 cm³/mol. The summed E-state index contributed by atoms with van der Waals surface area (Å²) in [4.78, 5) is 11.3. The molecule has 0 aliphatic carbocycles. The van der Waals surface area contributed by atoms with Crippen LogP contribution in [-0.2, 0) is 15.9 Å². The number of halogens is 1. The monoisotopic (exact) mass is 331 g/mol. The van der Waals surface area contributed by atoms with E-state index in [9.17, 15) is 9.90 Å². The summed E-state index contributed by atoms with van der Waals surface area (Å²) in [6, 6.07) is 1.46. The van der Waals surface area contributed by atoms with Gasteiger partial charge in [0, 0.05) is 12.8 Å². The zero-order valence-electron chi connectivity index (χ0n) is 12.2. The standard InChI is InChI=1S/C14H18ClNO4S/c1-4-9-8(2)11(7-10(12(9)15)13(17)18)16-14(21)20-6-5-19-3/h7H,4-6H2,1-3H3,(H,16,21)(H,17,18). The molecular formula is C14H18ClNO4S. The summed E-state index contributed by atoms with van der Waals surface area (Å²) in [6.07, 6.45) is 0.623. The third kappa shape index (κ3) is 4.56. The van der Waals surface area contributed by atoms with Crippen molar-refractivity contribution >= 4 is 40.7 Å². The molecule has 0 fully saturated rings. The van der Waals surface area contributed by atoms with Crippen LogP contribution in [0, 0.1) is 6.92 Å². The van der Waals surface area contributed by atoms with Crippen molar-refractivity contribution in [2.75, 3.05) is 25.6 Å². The number of thiocarbonyl (C=S) groups is 1. The van der Waals surface area contributed by atoms with Crippen molar-refractivity contribution < 1.29 is 19.4 Å². The summed E-state index contributed by atoms with van der Waals surface area (Å²) in [5.74, 6) is -1.08. The molecule has 1 aromatic carbocycles. The third-order valence-corrected chi connectivity index (χ3v) is 3.64. The molecule has 0 spiro atoms. The average molecular weight is 332 g/mol. The smallest absolute Gasteiger partial charge is 0.337 e. The minimum atomic E-state index is -1.08. The third-order valence-electron chi connectivity index (χ3n) is 2.99. The van der Waals surface area contributed by atoms with E-state index in [1.54, 1.807) is 7.11 Å². The molecule has 116 valence electrons. The molecule has 5 nitrogen and oxygen atoms in total. The van der Waals surface area contributed by atoms with Gasteiger partial charge in [-0.05, 0) is 42.8 Å². The fourth-order valence-corrected chi connectivity index (χ4v) is 2.48. The predicted octanol–water partition coefficient (Wildman–Crippen LogP) is 3.27. The lowest BCUT2D eigenvalue weighted by Gasteiger charge is -2.16. The zero-order valence-corrected chi connectivity index (χ0v) is 13.7. The highest BCUT2D eigenvalue weighted by atomic mass is 35.5. The van der Waals surface area contributed by atoms with Gasteiger partial charge < -0.3 is 19.9 Å². The molecule has 0 aromatic heterocycles. The first-order valence-corrected chi connectivity index (χ1v) is 7.18. The SMILES string of the molecule is CCc1c(C)c(NC(=S)OCCOC)cc(C(=O)O)c1Cl. The van der Waals surface area contributed by atoms with Gasteiger partial charge in [0.1, 0.15) is 6.61 Å². The van der Waals surface area contributed by atoms with Crippen LogP contribution in [0.4, 0.5) is 5.69 Å². The number of benzene rings is 1. The van der Waals surface area contributed by atoms with Gasteiger partial charge in [-0.3, -0.25) is 0 Å². The Labute approximate surface area is 134 Å². The molecule has 0 radical (unpaired) electrons. The maximum atomic E-state index is 11.3. The maximum Gasteiger partial charge on any atom is 0.337 e. The van der Waals surface area contributed by atoms with E-state index in [0.717, 1.165) is 11.1 Å². The number of hydrogen-bond donors (Lipinski definition) is 2. The number of anilines is 1. The second kappa shape index (κ2) is 8.17. The summed E-state index contributed by atoms with van der Waals surface area (Å²) in [6.45, 7) is 4.51. The number of ether oxygens (including phenoxy) is 2. The fraction of sp³-hybridized carbons (Fsp3) is 0.429. The van der Waals surface area contributed by atoms with Crippen LogP contribution in [0.15, 0.2) is 6.07 Å². The molecule has 0 saturated heterocycles. The van der Waals surface area contributed by atoms with Crippen molar-refractivity contribution in [1.82, 2.24) is 0 Å². The highest BCUT2D eigenvalue weighted by Crippen LogP contribution is 2.31. The van der Waals surface area contributed by atoms with Crippen molar-refractivity contribution in [3.8, 4) is 0 Å². The average Bonchev–Trinajstić information content (AvgIpc) is 2.42. The Kier molecular flexibility index (Phi) is 6.87. The summed E-state index contributed by atoms with van der Waals surface area (Å²) in [5.41, 5.74) is 2.25. The van der Waals surface area contributed by atoms with Gasteiger partial charge in [0.25, 0.3) is 5.17 Å². The number of hydrogen-bond acceptors (Lipinski definition) is 4. The van der Waals surface area contributed by atoms with E-state index in [-0.39, 0.29) is 15.8 Å². The molecule has 0 saturated carbocycles. The van der Waals surface area contributed by atoms with E-state index in [1.165, 1.54) is 6.07 Å². The summed E-state index contributed by atoms with van der Waals surface area (Å²) < 4.78 is 10.1. The molecule has 1 aromatic rings. The van der Waals surface area contributed by atoms with E-state index in [0.29, 0.717) is 25.3 Å². The highest BCUT2D eigenvalue weighted by molar-refractivity contribution is 7.80. The van der Waals surface area contributed by atoms with Crippen LogP contribution < -0.4 is 5.32 Å². The first kappa shape index (κ1) is 17.7. The number of nitrogens with one attached hydrogen (secondary N) is 1. The summed E-state index contributed by atoms with van der Waals surface area (Å²) in [7, 11) is 1.57. The van der Waals surface area contributed by atoms with E-state index < -0.39 is 5.97 Å². The van der Waals surface area contributed by atoms with Gasteiger partial charge >= 0.3 is 5.97 Å². The van der Waals surface area contributed by atoms with Gasteiger partial charge in [0.15, 0.2) is 0 Å². The molecule has 0 aliphatic rings. The summed E-state index contributed by atoms with van der Waals surface area (Å²) in [5, 5.41) is 12.5. The normalized spacial score (nSPS) is 10.3. The van der Waals surface area contributed by atoms with E-state index in [1.807, 2.05) is 13.8 Å². The molecule has 2 N–H and O–H groups in total. The Hall–Kier alpha value is -1.37. The van der Waals surface area contributed by atoms with Gasteiger partial charge in [0.2, 0.25) is 0 Å². The van der Waals surface area contributed by atoms with Crippen LogP contribution >= 0.6 is 23.8 Å².